The minimum atomic E-state index is -0.335. The van der Waals surface area contributed by atoms with Crippen LogP contribution in [-0.2, 0) is 5.41 Å². The fourth-order valence-electron chi connectivity index (χ4n) is 1.60. The lowest BCUT2D eigenvalue weighted by Gasteiger charge is -2.12. The third-order valence-electron chi connectivity index (χ3n) is 2.77. The van der Waals surface area contributed by atoms with E-state index in [1.807, 2.05) is 26.8 Å². The molecule has 1 N–H and O–H groups in total. The molecule has 5 nitrogen and oxygen atoms in total. The second kappa shape index (κ2) is 5.17. The summed E-state index contributed by atoms with van der Waals surface area (Å²) in [5.74, 6) is -0.0407. The molecule has 0 aliphatic rings. The summed E-state index contributed by atoms with van der Waals surface area (Å²) in [5, 5.41) is 15.4. The number of nitrogens with zero attached hydrogens (tertiary/aromatic N) is 2. The molecule has 1 heterocycles. The van der Waals surface area contributed by atoms with Gasteiger partial charge in [-0.05, 0) is 18.2 Å². The Morgan fingerprint density at radius 2 is 2.10 bits per heavy atom. The second-order valence-corrected chi connectivity index (χ2v) is 5.47. The zero-order valence-electron chi connectivity index (χ0n) is 11.6. The summed E-state index contributed by atoms with van der Waals surface area (Å²) in [5.41, 5.74) is 1.45. The van der Waals surface area contributed by atoms with E-state index in [1.54, 1.807) is 24.3 Å². The molecule has 0 aliphatic heterocycles. The summed E-state index contributed by atoms with van der Waals surface area (Å²) in [6.45, 7) is 6.02. The van der Waals surface area contributed by atoms with E-state index in [2.05, 4.69) is 10.5 Å². The van der Waals surface area contributed by atoms with Gasteiger partial charge in [-0.3, -0.25) is 10.1 Å². The molecule has 0 saturated carbocycles. The van der Waals surface area contributed by atoms with Gasteiger partial charge in [-0.25, -0.2) is 0 Å². The van der Waals surface area contributed by atoms with E-state index < -0.39 is 0 Å². The SMILES string of the molecule is CC(C)(C)c1cc(NC(=O)c2cccc(C#N)c2)on1. The highest BCUT2D eigenvalue weighted by molar-refractivity contribution is 6.03. The summed E-state index contributed by atoms with van der Waals surface area (Å²) in [7, 11) is 0. The second-order valence-electron chi connectivity index (χ2n) is 5.47. The van der Waals surface area contributed by atoms with Crippen LogP contribution in [0, 0.1) is 11.3 Å². The molecule has 0 bridgehead atoms. The molecule has 0 atom stereocenters. The van der Waals surface area contributed by atoms with Crippen LogP contribution in [0.3, 0.4) is 0 Å². The molecule has 5 heteroatoms. The quantitative estimate of drug-likeness (QED) is 0.908. The number of hydrogen-bond acceptors (Lipinski definition) is 4. The Labute approximate surface area is 117 Å². The highest BCUT2D eigenvalue weighted by Crippen LogP contribution is 2.23. The van der Waals surface area contributed by atoms with Gasteiger partial charge >= 0.3 is 0 Å². The van der Waals surface area contributed by atoms with Crippen LogP contribution in [0.2, 0.25) is 0 Å². The van der Waals surface area contributed by atoms with Crippen LogP contribution in [0.5, 0.6) is 0 Å². The average Bonchev–Trinajstić information content (AvgIpc) is 2.87. The van der Waals surface area contributed by atoms with Crippen LogP contribution >= 0.6 is 0 Å². The van der Waals surface area contributed by atoms with Crippen molar-refractivity contribution in [2.24, 2.45) is 0 Å². The summed E-state index contributed by atoms with van der Waals surface area (Å²) in [6.07, 6.45) is 0. The van der Waals surface area contributed by atoms with Gasteiger partial charge in [0.25, 0.3) is 5.91 Å². The van der Waals surface area contributed by atoms with Crippen LogP contribution in [0.15, 0.2) is 34.9 Å². The van der Waals surface area contributed by atoms with Crippen molar-refractivity contribution in [1.29, 1.82) is 5.26 Å². The van der Waals surface area contributed by atoms with Crippen LogP contribution in [0.25, 0.3) is 0 Å². The molecular weight excluding hydrogens is 254 g/mol. The molecule has 0 spiro atoms. The topological polar surface area (TPSA) is 78.9 Å². The molecule has 1 aromatic carbocycles. The van der Waals surface area contributed by atoms with Crippen LogP contribution in [-0.4, -0.2) is 11.1 Å². The maximum atomic E-state index is 12.0. The van der Waals surface area contributed by atoms with Gasteiger partial charge in [0.1, 0.15) is 0 Å². The van der Waals surface area contributed by atoms with Crippen molar-refractivity contribution in [3.63, 3.8) is 0 Å². The van der Waals surface area contributed by atoms with E-state index in [-0.39, 0.29) is 11.3 Å². The number of nitriles is 1. The Bertz CT molecular complexity index is 675. The highest BCUT2D eigenvalue weighted by atomic mass is 16.5. The van der Waals surface area contributed by atoms with Crippen molar-refractivity contribution in [1.82, 2.24) is 5.16 Å². The molecule has 2 aromatic rings. The zero-order chi connectivity index (χ0) is 14.8. The van der Waals surface area contributed by atoms with E-state index in [0.29, 0.717) is 17.0 Å². The standard InChI is InChI=1S/C15H15N3O2/c1-15(2,3)12-8-13(20-18-12)17-14(19)11-6-4-5-10(7-11)9-16/h4-8H,1-3H3,(H,17,19). The number of aromatic nitrogens is 1. The predicted octanol–water partition coefficient (Wildman–Crippen LogP) is 3.10. The van der Waals surface area contributed by atoms with Crippen LogP contribution in [0.1, 0.15) is 42.4 Å². The number of carbonyl (C=O) groups is 1. The van der Waals surface area contributed by atoms with Crippen molar-refractivity contribution in [3.8, 4) is 6.07 Å². The number of rotatable bonds is 2. The number of nitrogens with one attached hydrogen (secondary N) is 1. The van der Waals surface area contributed by atoms with Crippen molar-refractivity contribution in [2.45, 2.75) is 26.2 Å². The number of carbonyl (C=O) groups excluding carboxylic acids is 1. The van der Waals surface area contributed by atoms with Crippen molar-refractivity contribution < 1.29 is 9.32 Å². The van der Waals surface area contributed by atoms with Gasteiger partial charge in [0.2, 0.25) is 5.88 Å². The maximum Gasteiger partial charge on any atom is 0.258 e. The lowest BCUT2D eigenvalue weighted by atomic mass is 9.92. The predicted molar refractivity (Wildman–Crippen MR) is 74.3 cm³/mol. The molecule has 0 aliphatic carbocycles. The largest absolute Gasteiger partial charge is 0.338 e. The van der Waals surface area contributed by atoms with E-state index in [4.69, 9.17) is 9.78 Å². The molecular formula is C15H15N3O2. The Balaban J connectivity index is 2.16. The minimum Gasteiger partial charge on any atom is -0.338 e. The van der Waals surface area contributed by atoms with Gasteiger partial charge in [0.15, 0.2) is 0 Å². The van der Waals surface area contributed by atoms with Crippen molar-refractivity contribution >= 4 is 11.8 Å². The fourth-order valence-corrected chi connectivity index (χ4v) is 1.60. The Kier molecular flexibility index (Phi) is 3.57. The molecule has 0 radical (unpaired) electrons. The first kappa shape index (κ1) is 13.8. The third kappa shape index (κ3) is 3.04. The van der Waals surface area contributed by atoms with Crippen LogP contribution < -0.4 is 5.32 Å². The van der Waals surface area contributed by atoms with Gasteiger partial charge in [0, 0.05) is 17.0 Å². The average molecular weight is 269 g/mol. The highest BCUT2D eigenvalue weighted by Gasteiger charge is 2.20. The molecule has 0 unspecified atom stereocenters. The number of benzene rings is 1. The van der Waals surface area contributed by atoms with E-state index in [9.17, 15) is 4.79 Å². The number of amides is 1. The Morgan fingerprint density at radius 3 is 2.70 bits per heavy atom. The zero-order valence-corrected chi connectivity index (χ0v) is 11.6. The Hall–Kier alpha value is -2.61. The molecule has 1 aromatic heterocycles. The molecule has 0 saturated heterocycles. The van der Waals surface area contributed by atoms with Gasteiger partial charge in [-0.2, -0.15) is 5.26 Å². The molecule has 102 valence electrons. The molecule has 0 fully saturated rings. The van der Waals surface area contributed by atoms with E-state index in [0.717, 1.165) is 5.69 Å². The van der Waals surface area contributed by atoms with Gasteiger partial charge in [0.05, 0.1) is 17.3 Å². The molecule has 1 amide bonds. The van der Waals surface area contributed by atoms with Gasteiger partial charge < -0.3 is 4.52 Å². The normalized spacial score (nSPS) is 10.9. The van der Waals surface area contributed by atoms with Crippen LogP contribution in [0.4, 0.5) is 5.88 Å². The number of hydrogen-bond donors (Lipinski definition) is 1. The summed E-state index contributed by atoms with van der Waals surface area (Å²) < 4.78 is 5.09. The summed E-state index contributed by atoms with van der Waals surface area (Å²) in [6, 6.07) is 10.2. The first-order valence-electron chi connectivity index (χ1n) is 6.19. The third-order valence-corrected chi connectivity index (χ3v) is 2.77. The smallest absolute Gasteiger partial charge is 0.258 e. The van der Waals surface area contributed by atoms with Gasteiger partial charge in [-0.1, -0.05) is 32.0 Å². The minimum absolute atomic E-state index is 0.146. The lowest BCUT2D eigenvalue weighted by molar-refractivity contribution is 0.102. The first-order valence-corrected chi connectivity index (χ1v) is 6.19. The van der Waals surface area contributed by atoms with Crippen molar-refractivity contribution in [3.05, 3.63) is 47.2 Å². The van der Waals surface area contributed by atoms with Gasteiger partial charge in [-0.15, -0.1) is 0 Å². The monoisotopic (exact) mass is 269 g/mol. The molecule has 20 heavy (non-hydrogen) atoms. The Morgan fingerprint density at radius 1 is 1.35 bits per heavy atom. The van der Waals surface area contributed by atoms with E-state index >= 15 is 0 Å². The van der Waals surface area contributed by atoms with Crippen molar-refractivity contribution in [2.75, 3.05) is 5.32 Å². The maximum absolute atomic E-state index is 12.0. The lowest BCUT2D eigenvalue weighted by Crippen LogP contribution is -2.12. The fraction of sp³-hybridized carbons (Fsp3) is 0.267. The number of anilines is 1. The summed E-state index contributed by atoms with van der Waals surface area (Å²) in [4.78, 5) is 12.0. The first-order chi connectivity index (χ1) is 9.40. The van der Waals surface area contributed by atoms with E-state index in [1.165, 1.54) is 6.07 Å². The molecule has 2 rings (SSSR count). The summed E-state index contributed by atoms with van der Waals surface area (Å²) >= 11 is 0.